The standard InChI is InChI=1S/C22H23N2O/c1-3-13-23-16-19-14-18-11-7-8-12-20(18)24(19)21(15-22(23)25-2)17-9-5-4-6-10-17/h4-12,14-15H,3,13,16H2,1-2H3/q+1. The molecule has 0 amide bonds. The van der Waals surface area contributed by atoms with Crippen LogP contribution in [0.1, 0.15) is 24.6 Å². The van der Waals surface area contributed by atoms with Crippen LogP contribution >= 0.6 is 0 Å². The van der Waals surface area contributed by atoms with Gasteiger partial charge in [-0.2, -0.15) is 4.58 Å². The third-order valence-electron chi connectivity index (χ3n) is 4.72. The van der Waals surface area contributed by atoms with Crippen LogP contribution in [-0.2, 0) is 11.3 Å². The van der Waals surface area contributed by atoms with Gasteiger partial charge in [-0.15, -0.1) is 0 Å². The summed E-state index contributed by atoms with van der Waals surface area (Å²) in [7, 11) is 1.76. The number of fused-ring (bicyclic) bond motifs is 3. The first-order valence-electron chi connectivity index (χ1n) is 8.84. The van der Waals surface area contributed by atoms with Crippen molar-refractivity contribution in [2.45, 2.75) is 19.9 Å². The van der Waals surface area contributed by atoms with Crippen LogP contribution in [0, 0.1) is 0 Å². The molecule has 25 heavy (non-hydrogen) atoms. The lowest BCUT2D eigenvalue weighted by molar-refractivity contribution is -0.551. The van der Waals surface area contributed by atoms with Crippen LogP contribution in [0.25, 0.3) is 16.6 Å². The molecule has 126 valence electrons. The van der Waals surface area contributed by atoms with Crippen molar-refractivity contribution in [2.75, 3.05) is 13.7 Å². The number of methoxy groups -OCH3 is 1. The van der Waals surface area contributed by atoms with E-state index in [-0.39, 0.29) is 0 Å². The molecule has 0 unspecified atom stereocenters. The minimum atomic E-state index is 0.846. The van der Waals surface area contributed by atoms with E-state index in [0.717, 1.165) is 31.1 Å². The van der Waals surface area contributed by atoms with Crippen LogP contribution in [0.15, 0.2) is 66.7 Å². The average molecular weight is 331 g/mol. The summed E-state index contributed by atoms with van der Waals surface area (Å²) in [5.74, 6) is 0.925. The summed E-state index contributed by atoms with van der Waals surface area (Å²) < 4.78 is 10.4. The molecule has 0 radical (unpaired) electrons. The minimum absolute atomic E-state index is 0.846. The lowest BCUT2D eigenvalue weighted by Crippen LogP contribution is -2.21. The highest BCUT2D eigenvalue weighted by Gasteiger charge is 2.25. The van der Waals surface area contributed by atoms with Gasteiger partial charge >= 0.3 is 5.90 Å². The summed E-state index contributed by atoms with van der Waals surface area (Å²) in [5.41, 5.74) is 4.88. The fourth-order valence-corrected chi connectivity index (χ4v) is 3.63. The molecule has 0 spiro atoms. The van der Waals surface area contributed by atoms with Gasteiger partial charge in [-0.05, 0) is 17.7 Å². The van der Waals surface area contributed by atoms with E-state index in [9.17, 15) is 0 Å². The molecule has 0 atom stereocenters. The number of aromatic nitrogens is 1. The van der Waals surface area contributed by atoms with Gasteiger partial charge < -0.3 is 9.30 Å². The Balaban J connectivity index is 2.01. The van der Waals surface area contributed by atoms with Crippen LogP contribution in [0.2, 0.25) is 0 Å². The zero-order valence-corrected chi connectivity index (χ0v) is 14.8. The molecule has 2 heterocycles. The smallest absolute Gasteiger partial charge is 0.364 e. The number of benzene rings is 2. The Hall–Kier alpha value is -2.81. The maximum absolute atomic E-state index is 5.75. The molecule has 1 aliphatic rings. The Bertz CT molecular complexity index is 964. The first kappa shape index (κ1) is 15.7. The molecule has 3 nitrogen and oxygen atoms in total. The van der Waals surface area contributed by atoms with Gasteiger partial charge in [-0.1, -0.05) is 55.5 Å². The molecule has 4 rings (SSSR count). The summed E-state index contributed by atoms with van der Waals surface area (Å²) in [6, 6.07) is 21.4. The highest BCUT2D eigenvalue weighted by molar-refractivity contribution is 5.96. The monoisotopic (exact) mass is 331 g/mol. The molecular formula is C22H23N2O+. The van der Waals surface area contributed by atoms with Crippen molar-refractivity contribution in [1.29, 1.82) is 0 Å². The summed E-state index contributed by atoms with van der Waals surface area (Å²) in [6.45, 7) is 4.03. The van der Waals surface area contributed by atoms with E-state index < -0.39 is 0 Å². The van der Waals surface area contributed by atoms with Crippen molar-refractivity contribution in [2.24, 2.45) is 0 Å². The van der Waals surface area contributed by atoms with Crippen molar-refractivity contribution in [3.8, 4) is 0 Å². The molecule has 0 saturated carbocycles. The first-order chi connectivity index (χ1) is 12.3. The second-order valence-corrected chi connectivity index (χ2v) is 6.39. The molecule has 0 saturated heterocycles. The van der Waals surface area contributed by atoms with Gasteiger partial charge in [0.25, 0.3) is 0 Å². The van der Waals surface area contributed by atoms with E-state index in [4.69, 9.17) is 4.74 Å². The summed E-state index contributed by atoms with van der Waals surface area (Å²) in [5, 5.41) is 1.27. The molecule has 3 heteroatoms. The average Bonchev–Trinajstić information content (AvgIpc) is 2.93. The van der Waals surface area contributed by atoms with E-state index >= 15 is 0 Å². The predicted octanol–water partition coefficient (Wildman–Crippen LogP) is 4.51. The molecule has 3 aromatic rings. The summed E-state index contributed by atoms with van der Waals surface area (Å²) >= 11 is 0. The first-order valence-corrected chi connectivity index (χ1v) is 8.84. The van der Waals surface area contributed by atoms with Crippen LogP contribution in [-0.4, -0.2) is 28.7 Å². The van der Waals surface area contributed by atoms with E-state index in [1.54, 1.807) is 7.11 Å². The van der Waals surface area contributed by atoms with E-state index in [1.165, 1.54) is 22.2 Å². The van der Waals surface area contributed by atoms with Crippen molar-refractivity contribution in [1.82, 2.24) is 4.57 Å². The van der Waals surface area contributed by atoms with E-state index in [2.05, 4.69) is 82.8 Å². The van der Waals surface area contributed by atoms with Gasteiger partial charge in [0, 0.05) is 11.8 Å². The molecule has 0 aliphatic carbocycles. The van der Waals surface area contributed by atoms with Gasteiger partial charge in [-0.25, -0.2) is 0 Å². The van der Waals surface area contributed by atoms with Gasteiger partial charge in [0.15, 0.2) is 6.54 Å². The van der Waals surface area contributed by atoms with Crippen molar-refractivity contribution >= 4 is 22.5 Å². The third kappa shape index (κ3) is 2.76. The Kier molecular flexibility index (Phi) is 4.14. The normalized spacial score (nSPS) is 14.2. The number of para-hydroxylation sites is 1. The molecule has 0 N–H and O–H groups in total. The topological polar surface area (TPSA) is 17.2 Å². The fraction of sp³-hybridized carbons (Fsp3) is 0.227. The lowest BCUT2D eigenvalue weighted by Gasteiger charge is -2.12. The predicted molar refractivity (Wildman–Crippen MR) is 103 cm³/mol. The molecule has 1 aromatic heterocycles. The highest BCUT2D eigenvalue weighted by Crippen LogP contribution is 2.30. The lowest BCUT2D eigenvalue weighted by atomic mass is 10.1. The van der Waals surface area contributed by atoms with Crippen LogP contribution in [0.3, 0.4) is 0 Å². The summed E-state index contributed by atoms with van der Waals surface area (Å²) in [4.78, 5) is 0. The van der Waals surface area contributed by atoms with Crippen molar-refractivity contribution < 1.29 is 9.31 Å². The van der Waals surface area contributed by atoms with Gasteiger partial charge in [0.1, 0.15) is 6.54 Å². The zero-order valence-electron chi connectivity index (χ0n) is 14.8. The summed E-state index contributed by atoms with van der Waals surface area (Å²) in [6.07, 6.45) is 3.26. The molecule has 0 bridgehead atoms. The fourth-order valence-electron chi connectivity index (χ4n) is 3.63. The Morgan fingerprint density at radius 3 is 2.56 bits per heavy atom. The second kappa shape index (κ2) is 6.60. The number of hydrogen-bond donors (Lipinski definition) is 0. The Labute approximate surface area is 148 Å². The highest BCUT2D eigenvalue weighted by atomic mass is 16.5. The number of ether oxygens (including phenoxy) is 1. The molecule has 2 aromatic carbocycles. The van der Waals surface area contributed by atoms with Crippen LogP contribution < -0.4 is 0 Å². The Morgan fingerprint density at radius 1 is 1.04 bits per heavy atom. The molecule has 1 aliphatic heterocycles. The van der Waals surface area contributed by atoms with Gasteiger partial charge in [-0.3, -0.25) is 0 Å². The Morgan fingerprint density at radius 2 is 1.80 bits per heavy atom. The zero-order chi connectivity index (χ0) is 17.2. The second-order valence-electron chi connectivity index (χ2n) is 6.39. The van der Waals surface area contributed by atoms with Gasteiger partial charge in [0.05, 0.1) is 30.1 Å². The molecule has 0 fully saturated rings. The van der Waals surface area contributed by atoms with E-state index in [0.29, 0.717) is 0 Å². The third-order valence-corrected chi connectivity index (χ3v) is 4.72. The van der Waals surface area contributed by atoms with E-state index in [1.807, 2.05) is 0 Å². The largest absolute Gasteiger partial charge is 0.448 e. The minimum Gasteiger partial charge on any atom is -0.448 e. The quantitative estimate of drug-likeness (QED) is 0.645. The van der Waals surface area contributed by atoms with Crippen molar-refractivity contribution in [3.05, 3.63) is 78.0 Å². The van der Waals surface area contributed by atoms with Crippen LogP contribution in [0.4, 0.5) is 0 Å². The SMILES string of the molecule is CCC[N+]1=C(OC)C=C(c2ccccc2)n2c(cc3ccccc32)C1. The molecular weight excluding hydrogens is 308 g/mol. The maximum Gasteiger partial charge on any atom is 0.364 e. The van der Waals surface area contributed by atoms with Crippen molar-refractivity contribution in [3.63, 3.8) is 0 Å². The number of nitrogens with zero attached hydrogens (tertiary/aromatic N) is 2. The number of hydrogen-bond acceptors (Lipinski definition) is 1. The van der Waals surface area contributed by atoms with Gasteiger partial charge in [0.2, 0.25) is 0 Å². The number of rotatable bonds is 3. The maximum atomic E-state index is 5.75. The van der Waals surface area contributed by atoms with Crippen LogP contribution in [0.5, 0.6) is 0 Å².